The lowest BCUT2D eigenvalue weighted by Crippen LogP contribution is -2.09. The van der Waals surface area contributed by atoms with Gasteiger partial charge in [-0.05, 0) is 25.2 Å². The van der Waals surface area contributed by atoms with Crippen molar-refractivity contribution in [3.63, 3.8) is 0 Å². The molecule has 0 aliphatic carbocycles. The topological polar surface area (TPSA) is 51.8 Å². The van der Waals surface area contributed by atoms with E-state index in [1.165, 1.54) is 0 Å². The van der Waals surface area contributed by atoms with Crippen molar-refractivity contribution in [1.29, 1.82) is 0 Å². The first-order valence-electron chi connectivity index (χ1n) is 6.04. The zero-order valence-corrected chi connectivity index (χ0v) is 11.0. The zero-order chi connectivity index (χ0) is 12.3. The molecule has 0 fully saturated rings. The van der Waals surface area contributed by atoms with Crippen molar-refractivity contribution in [2.75, 3.05) is 5.73 Å². The normalized spacial score (nSPS) is 11.4. The fraction of sp³-hybridized carbons (Fsp3) is 0.692. The van der Waals surface area contributed by atoms with Gasteiger partial charge in [0.05, 0.1) is 0 Å². The minimum Gasteiger partial charge on any atom is -0.383 e. The van der Waals surface area contributed by atoms with Gasteiger partial charge in [-0.15, -0.1) is 0 Å². The summed E-state index contributed by atoms with van der Waals surface area (Å²) >= 11 is 0. The predicted octanol–water partition coefficient (Wildman–Crippen LogP) is 3.08. The Labute approximate surface area is 98.5 Å². The summed E-state index contributed by atoms with van der Waals surface area (Å²) in [5.74, 6) is 2.60. The molecule has 3 nitrogen and oxygen atoms in total. The minimum absolute atomic E-state index is 0.388. The van der Waals surface area contributed by atoms with Gasteiger partial charge in [0.2, 0.25) is 0 Å². The van der Waals surface area contributed by atoms with Crippen molar-refractivity contribution in [1.82, 2.24) is 9.97 Å². The first kappa shape index (κ1) is 12.9. The third kappa shape index (κ3) is 3.19. The Balaban J connectivity index is 2.92. The quantitative estimate of drug-likeness (QED) is 0.850. The number of hydrogen-bond acceptors (Lipinski definition) is 3. The van der Waals surface area contributed by atoms with E-state index in [4.69, 9.17) is 5.73 Å². The Bertz CT molecular complexity index is 333. The molecule has 0 aliphatic heterocycles. The summed E-state index contributed by atoms with van der Waals surface area (Å²) in [5, 5.41) is 0. The van der Waals surface area contributed by atoms with Crippen LogP contribution in [0.3, 0.4) is 0 Å². The first-order chi connectivity index (χ1) is 7.41. The van der Waals surface area contributed by atoms with Crippen LogP contribution < -0.4 is 5.73 Å². The highest BCUT2D eigenvalue weighted by molar-refractivity contribution is 5.44. The number of aryl methyl sites for hydroxylation is 2. The van der Waals surface area contributed by atoms with Gasteiger partial charge < -0.3 is 5.73 Å². The van der Waals surface area contributed by atoms with Crippen LogP contribution >= 0.6 is 0 Å². The number of hydrogen-bond donors (Lipinski definition) is 1. The maximum Gasteiger partial charge on any atom is 0.131 e. The van der Waals surface area contributed by atoms with E-state index in [1.807, 2.05) is 6.92 Å². The molecule has 0 aliphatic rings. The molecule has 1 heterocycles. The Hall–Kier alpha value is -1.12. The molecule has 0 saturated carbocycles. The Morgan fingerprint density at radius 1 is 1.12 bits per heavy atom. The lowest BCUT2D eigenvalue weighted by molar-refractivity contribution is 0.573. The molecule has 16 heavy (non-hydrogen) atoms. The van der Waals surface area contributed by atoms with Gasteiger partial charge in [-0.3, -0.25) is 0 Å². The molecule has 2 N–H and O–H groups in total. The van der Waals surface area contributed by atoms with Crippen molar-refractivity contribution in [2.45, 2.75) is 53.4 Å². The van der Waals surface area contributed by atoms with Gasteiger partial charge >= 0.3 is 0 Å². The van der Waals surface area contributed by atoms with Crippen molar-refractivity contribution in [2.24, 2.45) is 5.92 Å². The monoisotopic (exact) mass is 221 g/mol. The van der Waals surface area contributed by atoms with Gasteiger partial charge in [-0.1, -0.05) is 27.7 Å². The van der Waals surface area contributed by atoms with E-state index in [2.05, 4.69) is 37.7 Å². The average molecular weight is 221 g/mol. The molecule has 90 valence electrons. The number of aromatic nitrogens is 2. The standard InChI is InChI=1S/C13H23N3/c1-8(2)6-7-11-15-10(5)12(9(3)4)13(14)16-11/h8-9H,6-7H2,1-5H3,(H2,14,15,16). The van der Waals surface area contributed by atoms with E-state index in [0.29, 0.717) is 17.7 Å². The molecule has 0 radical (unpaired) electrons. The van der Waals surface area contributed by atoms with Crippen molar-refractivity contribution in [3.05, 3.63) is 17.1 Å². The van der Waals surface area contributed by atoms with E-state index in [0.717, 1.165) is 29.9 Å². The number of nitrogen functional groups attached to an aromatic ring is 1. The minimum atomic E-state index is 0.388. The van der Waals surface area contributed by atoms with E-state index in [9.17, 15) is 0 Å². The lowest BCUT2D eigenvalue weighted by Gasteiger charge is -2.13. The summed E-state index contributed by atoms with van der Waals surface area (Å²) in [5.41, 5.74) is 8.10. The second-order valence-electron chi connectivity index (χ2n) is 5.11. The number of nitrogens with zero attached hydrogens (tertiary/aromatic N) is 2. The highest BCUT2D eigenvalue weighted by Gasteiger charge is 2.12. The van der Waals surface area contributed by atoms with Gasteiger partial charge in [0.15, 0.2) is 0 Å². The summed E-state index contributed by atoms with van der Waals surface area (Å²) in [6.07, 6.45) is 2.03. The maximum atomic E-state index is 5.98. The van der Waals surface area contributed by atoms with E-state index in [1.54, 1.807) is 0 Å². The molecule has 0 saturated heterocycles. The number of anilines is 1. The van der Waals surface area contributed by atoms with Crippen LogP contribution in [0.25, 0.3) is 0 Å². The van der Waals surface area contributed by atoms with E-state index in [-0.39, 0.29) is 0 Å². The molecule has 0 bridgehead atoms. The Morgan fingerprint density at radius 2 is 1.75 bits per heavy atom. The highest BCUT2D eigenvalue weighted by atomic mass is 15.0. The van der Waals surface area contributed by atoms with Crippen LogP contribution in [-0.2, 0) is 6.42 Å². The van der Waals surface area contributed by atoms with Crippen LogP contribution in [0.5, 0.6) is 0 Å². The fourth-order valence-electron chi connectivity index (χ4n) is 1.91. The van der Waals surface area contributed by atoms with Gasteiger partial charge in [0.25, 0.3) is 0 Å². The molecule has 0 amide bonds. The molecule has 1 aromatic rings. The fourth-order valence-corrected chi connectivity index (χ4v) is 1.91. The van der Waals surface area contributed by atoms with Gasteiger partial charge in [-0.25, -0.2) is 9.97 Å². The predicted molar refractivity (Wildman–Crippen MR) is 68.4 cm³/mol. The summed E-state index contributed by atoms with van der Waals surface area (Å²) in [7, 11) is 0. The third-order valence-corrected chi connectivity index (χ3v) is 2.73. The van der Waals surface area contributed by atoms with Crippen molar-refractivity contribution >= 4 is 5.82 Å². The summed E-state index contributed by atoms with van der Waals surface area (Å²) in [6, 6.07) is 0. The van der Waals surface area contributed by atoms with Crippen LogP contribution in [0.15, 0.2) is 0 Å². The van der Waals surface area contributed by atoms with Gasteiger partial charge in [-0.2, -0.15) is 0 Å². The highest BCUT2D eigenvalue weighted by Crippen LogP contribution is 2.23. The van der Waals surface area contributed by atoms with E-state index < -0.39 is 0 Å². The molecule has 1 rings (SSSR count). The first-order valence-corrected chi connectivity index (χ1v) is 6.04. The summed E-state index contributed by atoms with van der Waals surface area (Å²) in [6.45, 7) is 10.7. The lowest BCUT2D eigenvalue weighted by atomic mass is 10.0. The second-order valence-corrected chi connectivity index (χ2v) is 5.11. The van der Waals surface area contributed by atoms with Crippen LogP contribution in [-0.4, -0.2) is 9.97 Å². The van der Waals surface area contributed by atoms with Crippen LogP contribution in [0.4, 0.5) is 5.82 Å². The molecule has 1 aromatic heterocycles. The van der Waals surface area contributed by atoms with Crippen molar-refractivity contribution < 1.29 is 0 Å². The van der Waals surface area contributed by atoms with Crippen molar-refractivity contribution in [3.8, 4) is 0 Å². The van der Waals surface area contributed by atoms with E-state index >= 15 is 0 Å². The summed E-state index contributed by atoms with van der Waals surface area (Å²) in [4.78, 5) is 8.93. The molecule has 0 unspecified atom stereocenters. The molecular weight excluding hydrogens is 198 g/mol. The SMILES string of the molecule is Cc1nc(CCC(C)C)nc(N)c1C(C)C. The molecule has 3 heteroatoms. The third-order valence-electron chi connectivity index (χ3n) is 2.73. The molecule has 0 spiro atoms. The second kappa shape index (κ2) is 5.28. The number of nitrogens with two attached hydrogens (primary N) is 1. The van der Waals surface area contributed by atoms with Crippen LogP contribution in [0.1, 0.15) is 57.1 Å². The van der Waals surface area contributed by atoms with Gasteiger partial charge in [0.1, 0.15) is 11.6 Å². The van der Waals surface area contributed by atoms with Crippen LogP contribution in [0.2, 0.25) is 0 Å². The largest absolute Gasteiger partial charge is 0.383 e. The smallest absolute Gasteiger partial charge is 0.131 e. The Kier molecular flexibility index (Phi) is 4.27. The van der Waals surface area contributed by atoms with Gasteiger partial charge in [0, 0.05) is 17.7 Å². The van der Waals surface area contributed by atoms with Crippen LogP contribution in [0, 0.1) is 12.8 Å². The molecular formula is C13H23N3. The molecule has 0 aromatic carbocycles. The maximum absolute atomic E-state index is 5.98. The molecule has 0 atom stereocenters. The Morgan fingerprint density at radius 3 is 2.19 bits per heavy atom. The summed E-state index contributed by atoms with van der Waals surface area (Å²) < 4.78 is 0. The zero-order valence-electron chi connectivity index (χ0n) is 11.0. The number of rotatable bonds is 4. The average Bonchev–Trinajstić information content (AvgIpc) is 2.12.